The number of hydrogen-bond acceptors (Lipinski definition) is 5. The van der Waals surface area contributed by atoms with E-state index in [9.17, 15) is 9.59 Å². The zero-order valence-corrected chi connectivity index (χ0v) is 28.5. The molecule has 0 bridgehead atoms. The molecule has 0 saturated heterocycles. The second-order valence-corrected chi connectivity index (χ2v) is 12.1. The highest BCUT2D eigenvalue weighted by atomic mass is 79.9. The Morgan fingerprint density at radius 1 is 0.905 bits per heavy atom. The highest BCUT2D eigenvalue weighted by Gasteiger charge is 2.16. The first-order valence-electron chi connectivity index (χ1n) is 15.7. The summed E-state index contributed by atoms with van der Waals surface area (Å²) in [4.78, 5) is 27.6. The molecular formula is C35H51BrN2O3S. The number of thioether (sulfide) groups is 1. The summed E-state index contributed by atoms with van der Waals surface area (Å²) in [6, 6.07) is 13.5. The van der Waals surface area contributed by atoms with Gasteiger partial charge in [-0.05, 0) is 55.0 Å². The number of hydrogen-bond donors (Lipinski definition) is 1. The van der Waals surface area contributed by atoms with Crippen molar-refractivity contribution in [3.63, 3.8) is 0 Å². The molecule has 0 spiro atoms. The van der Waals surface area contributed by atoms with Gasteiger partial charge >= 0.3 is 0 Å². The van der Waals surface area contributed by atoms with Crippen molar-refractivity contribution in [1.82, 2.24) is 4.90 Å². The van der Waals surface area contributed by atoms with E-state index < -0.39 is 0 Å². The summed E-state index contributed by atoms with van der Waals surface area (Å²) < 4.78 is 6.00. The molecule has 0 saturated carbocycles. The number of ketones is 1. The molecule has 0 aliphatic carbocycles. The molecule has 42 heavy (non-hydrogen) atoms. The van der Waals surface area contributed by atoms with Crippen molar-refractivity contribution in [3.8, 4) is 5.75 Å². The smallest absolute Gasteiger partial charge is 0.228 e. The number of allylic oxidation sites excluding steroid dienone is 1. The Hall–Kier alpha value is -2.25. The molecule has 1 aliphatic rings. The number of anilines is 1. The fraction of sp³-hybridized carbons (Fsp3) is 0.543. The van der Waals surface area contributed by atoms with E-state index in [0.29, 0.717) is 17.9 Å². The van der Waals surface area contributed by atoms with Crippen molar-refractivity contribution in [2.24, 2.45) is 0 Å². The lowest BCUT2D eigenvalue weighted by molar-refractivity contribution is -0.115. The predicted molar refractivity (Wildman–Crippen MR) is 184 cm³/mol. The minimum atomic E-state index is -0.0971. The molecule has 5 nitrogen and oxygen atoms in total. The lowest BCUT2D eigenvalue weighted by Gasteiger charge is -2.21. The van der Waals surface area contributed by atoms with Crippen molar-refractivity contribution in [2.75, 3.05) is 17.8 Å². The van der Waals surface area contributed by atoms with Crippen molar-refractivity contribution in [2.45, 2.75) is 111 Å². The van der Waals surface area contributed by atoms with Crippen LogP contribution < -0.4 is 10.1 Å². The highest BCUT2D eigenvalue weighted by molar-refractivity contribution is 8.93. The van der Waals surface area contributed by atoms with E-state index in [2.05, 4.69) is 35.5 Å². The van der Waals surface area contributed by atoms with Gasteiger partial charge in [0.2, 0.25) is 5.91 Å². The lowest BCUT2D eigenvalue weighted by atomic mass is 10.0. The third-order valence-electron chi connectivity index (χ3n) is 7.68. The van der Waals surface area contributed by atoms with E-state index in [1.165, 1.54) is 69.9 Å². The Morgan fingerprint density at radius 2 is 1.55 bits per heavy atom. The zero-order chi connectivity index (χ0) is 29.3. The molecule has 0 radical (unpaired) electrons. The molecule has 2 aromatic carbocycles. The van der Waals surface area contributed by atoms with E-state index in [-0.39, 0.29) is 35.1 Å². The van der Waals surface area contributed by atoms with Crippen LogP contribution in [0.2, 0.25) is 0 Å². The van der Waals surface area contributed by atoms with Crippen LogP contribution in [0.15, 0.2) is 53.6 Å². The number of rotatable bonds is 20. The largest absolute Gasteiger partial charge is 0.493 e. The van der Waals surface area contributed by atoms with Crippen LogP contribution in [0.25, 0.3) is 0 Å². The predicted octanol–water partition coefficient (Wildman–Crippen LogP) is 10.1. The Kier molecular flexibility index (Phi) is 17.6. The van der Waals surface area contributed by atoms with Crippen molar-refractivity contribution in [1.29, 1.82) is 0 Å². The molecule has 1 heterocycles. The van der Waals surface area contributed by atoms with Crippen molar-refractivity contribution in [3.05, 3.63) is 70.3 Å². The van der Waals surface area contributed by atoms with E-state index in [1.54, 1.807) is 24.8 Å². The van der Waals surface area contributed by atoms with Crippen LogP contribution in [0.3, 0.4) is 0 Å². The van der Waals surface area contributed by atoms with Crippen LogP contribution >= 0.6 is 28.7 Å². The van der Waals surface area contributed by atoms with Gasteiger partial charge in [0.25, 0.3) is 0 Å². The van der Waals surface area contributed by atoms with Crippen molar-refractivity contribution >= 4 is 46.1 Å². The second-order valence-electron chi connectivity index (χ2n) is 11.3. The summed E-state index contributed by atoms with van der Waals surface area (Å²) in [7, 11) is 0. The Labute approximate surface area is 269 Å². The fourth-order valence-electron chi connectivity index (χ4n) is 5.17. The minimum absolute atomic E-state index is 0. The van der Waals surface area contributed by atoms with Crippen LogP contribution in [0.1, 0.15) is 119 Å². The van der Waals surface area contributed by atoms with Gasteiger partial charge in [-0.25, -0.2) is 0 Å². The normalized spacial score (nSPS) is 12.5. The number of nitrogens with one attached hydrogen (secondary N) is 1. The molecule has 1 N–H and O–H groups in total. The van der Waals surface area contributed by atoms with Gasteiger partial charge < -0.3 is 15.0 Å². The summed E-state index contributed by atoms with van der Waals surface area (Å²) in [5.74, 6) is 1.40. The molecule has 2 aromatic rings. The van der Waals surface area contributed by atoms with Crippen molar-refractivity contribution < 1.29 is 14.3 Å². The number of benzene rings is 2. The van der Waals surface area contributed by atoms with Gasteiger partial charge in [0, 0.05) is 17.9 Å². The van der Waals surface area contributed by atoms with Crippen LogP contribution in [-0.4, -0.2) is 29.1 Å². The van der Waals surface area contributed by atoms with Crippen LogP contribution in [0.5, 0.6) is 5.75 Å². The monoisotopic (exact) mass is 658 g/mol. The number of nitrogens with zero attached hydrogens (tertiary/aromatic N) is 1. The number of carbonyl (C=O) groups is 2. The number of amides is 1. The number of carbonyl (C=O) groups excluding carboxylic acids is 2. The van der Waals surface area contributed by atoms with Crippen LogP contribution in [0, 0.1) is 0 Å². The quantitative estimate of drug-likeness (QED) is 0.113. The van der Waals surface area contributed by atoms with Gasteiger partial charge in [-0.3, -0.25) is 9.59 Å². The second kappa shape index (κ2) is 20.6. The molecule has 0 fully saturated rings. The van der Waals surface area contributed by atoms with Gasteiger partial charge in [0.05, 0.1) is 24.5 Å². The van der Waals surface area contributed by atoms with E-state index in [0.717, 1.165) is 42.1 Å². The van der Waals surface area contributed by atoms with Crippen LogP contribution in [-0.2, 0) is 17.8 Å². The number of ether oxygens (including phenoxy) is 1. The summed E-state index contributed by atoms with van der Waals surface area (Å²) in [6.07, 6.45) is 15.8. The fourth-order valence-corrected chi connectivity index (χ4v) is 6.11. The lowest BCUT2D eigenvalue weighted by Crippen LogP contribution is -2.20. The number of unbranched alkanes of at least 4 members (excludes halogenated alkanes) is 11. The molecule has 0 unspecified atom stereocenters. The highest BCUT2D eigenvalue weighted by Crippen LogP contribution is 2.27. The third-order valence-corrected chi connectivity index (χ3v) is 8.65. The first-order chi connectivity index (χ1) is 20.0. The summed E-state index contributed by atoms with van der Waals surface area (Å²) in [5, 5.41) is 5.25. The Morgan fingerprint density at radius 3 is 2.17 bits per heavy atom. The van der Waals surface area contributed by atoms with E-state index >= 15 is 0 Å². The maximum atomic E-state index is 13.0. The molecule has 1 aliphatic heterocycles. The van der Waals surface area contributed by atoms with E-state index in [4.69, 9.17) is 4.74 Å². The van der Waals surface area contributed by atoms with Gasteiger partial charge in [-0.1, -0.05) is 102 Å². The Balaban J connectivity index is 0.00000616. The summed E-state index contributed by atoms with van der Waals surface area (Å²) in [5.41, 5.74) is 4.51. The molecule has 7 heteroatoms. The van der Waals surface area contributed by atoms with Crippen LogP contribution in [0.4, 0.5) is 5.69 Å². The topological polar surface area (TPSA) is 58.6 Å². The van der Waals surface area contributed by atoms with E-state index in [1.807, 2.05) is 30.3 Å². The van der Waals surface area contributed by atoms with Gasteiger partial charge in [-0.15, -0.1) is 28.7 Å². The number of halogens is 1. The maximum absolute atomic E-state index is 13.0. The Bertz CT molecular complexity index is 1140. The van der Waals surface area contributed by atoms with Gasteiger partial charge in [-0.2, -0.15) is 0 Å². The average molecular weight is 660 g/mol. The maximum Gasteiger partial charge on any atom is 0.228 e. The standard InChI is InChI=1S/C35H50N2O3S.BrH/c1-4-5-6-7-8-9-10-11-12-13-14-17-22-40-34-21-20-30(23-32(34)29(3)38)24-35(39)36-33-19-16-15-18-31(33)25-37-27-41-26-28(37)2;/h15-16,18-21,23,26H,4-14,17,22,24-25,27H2,1-3H3,(H,36,39);1H. The average Bonchev–Trinajstić information content (AvgIpc) is 3.36. The third kappa shape index (κ3) is 12.9. The first kappa shape index (κ1) is 35.9. The molecule has 0 atom stereocenters. The number of Topliss-reactive ketones (excluding diaryl/α,β-unsaturated/α-hetero) is 1. The zero-order valence-electron chi connectivity index (χ0n) is 25.9. The minimum Gasteiger partial charge on any atom is -0.493 e. The number of para-hydroxylation sites is 1. The summed E-state index contributed by atoms with van der Waals surface area (Å²) >= 11 is 1.79. The molecule has 3 rings (SSSR count). The van der Waals surface area contributed by atoms with Gasteiger partial charge in [0.1, 0.15) is 5.75 Å². The SMILES string of the molecule is Br.CCCCCCCCCCCCCCOc1ccc(CC(=O)Nc2ccccc2CN2CSC=C2C)cc1C(C)=O. The molecule has 1 amide bonds. The molecular weight excluding hydrogens is 608 g/mol. The molecule has 0 aromatic heterocycles. The van der Waals surface area contributed by atoms with Gasteiger partial charge in [0.15, 0.2) is 5.78 Å². The molecule has 232 valence electrons. The first-order valence-corrected chi connectivity index (χ1v) is 16.7. The summed E-state index contributed by atoms with van der Waals surface area (Å²) in [6.45, 7) is 7.30.